The van der Waals surface area contributed by atoms with E-state index in [1.165, 1.54) is 12.8 Å². The van der Waals surface area contributed by atoms with E-state index in [9.17, 15) is 9.59 Å². The number of rotatable bonds is 7. The van der Waals surface area contributed by atoms with Crippen LogP contribution in [0.5, 0.6) is 0 Å². The van der Waals surface area contributed by atoms with Gasteiger partial charge in [0.15, 0.2) is 0 Å². The van der Waals surface area contributed by atoms with Crippen molar-refractivity contribution in [2.24, 2.45) is 0 Å². The quantitative estimate of drug-likeness (QED) is 0.668. The van der Waals surface area contributed by atoms with E-state index in [4.69, 9.17) is 4.74 Å². The summed E-state index contributed by atoms with van der Waals surface area (Å²) in [4.78, 5) is 26.2. The van der Waals surface area contributed by atoms with E-state index in [-0.39, 0.29) is 18.0 Å². The fraction of sp³-hybridized carbons (Fsp3) is 0.619. The Morgan fingerprint density at radius 1 is 1.21 bits per heavy atom. The van der Waals surface area contributed by atoms with Gasteiger partial charge in [-0.1, -0.05) is 12.1 Å². The number of carbonyl (C=O) groups is 2. The zero-order valence-electron chi connectivity index (χ0n) is 16.7. The molecule has 1 aromatic carbocycles. The Labute approximate surface area is 167 Å². The van der Waals surface area contributed by atoms with Crippen molar-refractivity contribution in [1.82, 2.24) is 15.5 Å². The lowest BCUT2D eigenvalue weighted by Crippen LogP contribution is -2.47. The van der Waals surface area contributed by atoms with Gasteiger partial charge in [-0.2, -0.15) is 0 Å². The van der Waals surface area contributed by atoms with Gasteiger partial charge in [-0.15, -0.1) is 0 Å². The molecule has 0 aromatic heterocycles. The minimum Gasteiger partial charge on any atom is -0.377 e. The molecule has 3 N–H and O–H groups in total. The highest BCUT2D eigenvalue weighted by Gasteiger charge is 2.24. The molecular formula is C21H32N4O3. The average Bonchev–Trinajstić information content (AvgIpc) is 3.21. The first-order chi connectivity index (χ1) is 13.6. The molecule has 7 nitrogen and oxygen atoms in total. The Morgan fingerprint density at radius 3 is 2.75 bits per heavy atom. The number of amides is 3. The number of hydrogen-bond donors (Lipinski definition) is 3. The van der Waals surface area contributed by atoms with Gasteiger partial charge >= 0.3 is 6.03 Å². The fourth-order valence-corrected chi connectivity index (χ4v) is 3.88. The predicted molar refractivity (Wildman–Crippen MR) is 109 cm³/mol. The van der Waals surface area contributed by atoms with Crippen molar-refractivity contribution >= 4 is 17.6 Å². The maximum atomic E-state index is 12.3. The van der Waals surface area contributed by atoms with Gasteiger partial charge in [-0.3, -0.25) is 4.79 Å². The molecule has 154 valence electrons. The lowest BCUT2D eigenvalue weighted by atomic mass is 10.0. The first-order valence-electron chi connectivity index (χ1n) is 10.3. The molecule has 0 unspecified atom stereocenters. The molecule has 0 aliphatic carbocycles. The summed E-state index contributed by atoms with van der Waals surface area (Å²) in [6, 6.07) is 7.70. The van der Waals surface area contributed by atoms with Gasteiger partial charge in [0, 0.05) is 51.4 Å². The monoisotopic (exact) mass is 388 g/mol. The van der Waals surface area contributed by atoms with Gasteiger partial charge in [0.25, 0.3) is 0 Å². The summed E-state index contributed by atoms with van der Waals surface area (Å²) in [7, 11) is 1.64. The number of benzene rings is 1. The summed E-state index contributed by atoms with van der Waals surface area (Å²) in [6.07, 6.45) is 5.76. The van der Waals surface area contributed by atoms with Crippen LogP contribution < -0.4 is 16.0 Å². The van der Waals surface area contributed by atoms with Crippen molar-refractivity contribution in [1.29, 1.82) is 0 Å². The van der Waals surface area contributed by atoms with Crippen molar-refractivity contribution in [2.45, 2.75) is 50.7 Å². The van der Waals surface area contributed by atoms with Crippen LogP contribution in [0.25, 0.3) is 0 Å². The van der Waals surface area contributed by atoms with E-state index in [0.717, 1.165) is 50.3 Å². The number of likely N-dealkylation sites (tertiary alicyclic amines) is 1. The van der Waals surface area contributed by atoms with E-state index in [2.05, 4.69) is 20.9 Å². The number of urea groups is 1. The van der Waals surface area contributed by atoms with Crippen LogP contribution in [-0.2, 0) is 16.0 Å². The van der Waals surface area contributed by atoms with Crippen LogP contribution in [0.1, 0.15) is 37.7 Å². The SMILES string of the molecule is CNC(=O)CCc1cccc(NC(=O)NC2CCN(C[C@@H]3CCCO3)CC2)c1. The summed E-state index contributed by atoms with van der Waals surface area (Å²) in [5, 5.41) is 8.63. The number of piperidine rings is 1. The Balaban J connectivity index is 1.39. The molecule has 2 aliphatic heterocycles. The van der Waals surface area contributed by atoms with Crippen molar-refractivity contribution in [3.8, 4) is 0 Å². The fourth-order valence-electron chi connectivity index (χ4n) is 3.88. The number of anilines is 1. The van der Waals surface area contributed by atoms with Crippen LogP contribution in [0.3, 0.4) is 0 Å². The number of nitrogens with one attached hydrogen (secondary N) is 3. The summed E-state index contributed by atoms with van der Waals surface area (Å²) in [6.45, 7) is 3.91. The summed E-state index contributed by atoms with van der Waals surface area (Å²) >= 11 is 0. The van der Waals surface area contributed by atoms with Gasteiger partial charge in [0.05, 0.1) is 6.10 Å². The first kappa shape index (κ1) is 20.6. The van der Waals surface area contributed by atoms with Crippen molar-refractivity contribution in [2.75, 3.05) is 38.6 Å². The molecule has 1 atom stereocenters. The highest BCUT2D eigenvalue weighted by molar-refractivity contribution is 5.89. The van der Waals surface area contributed by atoms with Gasteiger partial charge < -0.3 is 25.6 Å². The van der Waals surface area contributed by atoms with E-state index >= 15 is 0 Å². The summed E-state index contributed by atoms with van der Waals surface area (Å²) < 4.78 is 5.72. The largest absolute Gasteiger partial charge is 0.377 e. The van der Waals surface area contributed by atoms with Crippen LogP contribution >= 0.6 is 0 Å². The van der Waals surface area contributed by atoms with Crippen LogP contribution in [0.2, 0.25) is 0 Å². The van der Waals surface area contributed by atoms with Crippen LogP contribution in [0.4, 0.5) is 10.5 Å². The Hall–Kier alpha value is -2.12. The summed E-state index contributed by atoms with van der Waals surface area (Å²) in [5.41, 5.74) is 1.78. The highest BCUT2D eigenvalue weighted by atomic mass is 16.5. The summed E-state index contributed by atoms with van der Waals surface area (Å²) in [5.74, 6) is 0.0157. The van der Waals surface area contributed by atoms with E-state index in [1.54, 1.807) is 7.05 Å². The van der Waals surface area contributed by atoms with Crippen molar-refractivity contribution < 1.29 is 14.3 Å². The predicted octanol–water partition coefficient (Wildman–Crippen LogP) is 2.13. The molecule has 0 bridgehead atoms. The third-order valence-electron chi connectivity index (χ3n) is 5.51. The van der Waals surface area contributed by atoms with Gasteiger partial charge in [0.2, 0.25) is 5.91 Å². The van der Waals surface area contributed by atoms with E-state index in [1.807, 2.05) is 24.3 Å². The molecule has 0 spiro atoms. The first-order valence-corrected chi connectivity index (χ1v) is 10.3. The molecule has 0 radical (unpaired) electrons. The minimum absolute atomic E-state index is 0.0157. The minimum atomic E-state index is -0.166. The van der Waals surface area contributed by atoms with Gasteiger partial charge in [0.1, 0.15) is 0 Å². The standard InChI is InChI=1S/C21H32N4O3/c1-22-20(26)8-7-16-4-2-5-18(14-16)24-21(27)23-17-9-11-25(12-10-17)15-19-6-3-13-28-19/h2,4-5,14,17,19H,3,6-13,15H2,1H3,(H,22,26)(H2,23,24,27)/t19-/m0/s1. The molecule has 28 heavy (non-hydrogen) atoms. The van der Waals surface area contributed by atoms with Crippen LogP contribution in [0.15, 0.2) is 24.3 Å². The van der Waals surface area contributed by atoms with E-state index < -0.39 is 0 Å². The zero-order chi connectivity index (χ0) is 19.8. The molecule has 2 saturated heterocycles. The molecule has 7 heteroatoms. The van der Waals surface area contributed by atoms with Crippen molar-refractivity contribution in [3.63, 3.8) is 0 Å². The van der Waals surface area contributed by atoms with Crippen LogP contribution in [0, 0.1) is 0 Å². The topological polar surface area (TPSA) is 82.7 Å². The highest BCUT2D eigenvalue weighted by Crippen LogP contribution is 2.17. The smallest absolute Gasteiger partial charge is 0.319 e. The Morgan fingerprint density at radius 2 is 2.04 bits per heavy atom. The molecule has 3 rings (SSSR count). The molecule has 3 amide bonds. The van der Waals surface area contributed by atoms with Gasteiger partial charge in [-0.25, -0.2) is 4.79 Å². The molecule has 2 heterocycles. The number of carbonyl (C=O) groups excluding carboxylic acids is 2. The van der Waals surface area contributed by atoms with Crippen LogP contribution in [-0.4, -0.2) is 62.3 Å². The second-order valence-electron chi connectivity index (χ2n) is 7.68. The average molecular weight is 389 g/mol. The molecular weight excluding hydrogens is 356 g/mol. The van der Waals surface area contributed by atoms with Gasteiger partial charge in [-0.05, 0) is 49.8 Å². The second-order valence-corrected chi connectivity index (χ2v) is 7.68. The lowest BCUT2D eigenvalue weighted by molar-refractivity contribution is -0.120. The molecule has 1 aromatic rings. The third kappa shape index (κ3) is 6.49. The maximum absolute atomic E-state index is 12.3. The zero-order valence-corrected chi connectivity index (χ0v) is 16.7. The third-order valence-corrected chi connectivity index (χ3v) is 5.51. The van der Waals surface area contributed by atoms with Crippen molar-refractivity contribution in [3.05, 3.63) is 29.8 Å². The molecule has 2 aliphatic rings. The normalized spacial score (nSPS) is 20.7. The second kappa shape index (κ2) is 10.4. The number of nitrogens with zero attached hydrogens (tertiary/aromatic N) is 1. The number of aryl methyl sites for hydroxylation is 1. The number of ether oxygens (including phenoxy) is 1. The van der Waals surface area contributed by atoms with E-state index in [0.29, 0.717) is 18.9 Å². The lowest BCUT2D eigenvalue weighted by Gasteiger charge is -2.33. The maximum Gasteiger partial charge on any atom is 0.319 e. The Kier molecular flexibility index (Phi) is 7.68. The molecule has 0 saturated carbocycles. The number of hydrogen-bond acceptors (Lipinski definition) is 4. The molecule has 2 fully saturated rings. The Bertz CT molecular complexity index is 653.